The van der Waals surface area contributed by atoms with Crippen molar-refractivity contribution in [3.05, 3.63) is 78.0 Å². The average Bonchev–Trinajstić information content (AvgIpc) is 2.79. The molecule has 4 rings (SSSR count). The normalized spacial score (nSPS) is 14.0. The summed E-state index contributed by atoms with van der Waals surface area (Å²) in [5.74, 6) is 0.646. The van der Waals surface area contributed by atoms with Crippen molar-refractivity contribution < 1.29 is 4.79 Å². The van der Waals surface area contributed by atoms with Gasteiger partial charge in [0.05, 0.1) is 0 Å². The first-order valence-electron chi connectivity index (χ1n) is 9.85. The number of amides is 1. The Balaban J connectivity index is 1.39. The van der Waals surface area contributed by atoms with Gasteiger partial charge in [-0.15, -0.1) is 10.2 Å². The number of rotatable bonds is 4. The molecule has 1 aliphatic heterocycles. The summed E-state index contributed by atoms with van der Waals surface area (Å²) >= 11 is 0. The number of benzene rings is 2. The summed E-state index contributed by atoms with van der Waals surface area (Å²) in [5.41, 5.74) is 3.87. The molecule has 1 aliphatic rings. The molecule has 0 unspecified atom stereocenters. The third-order valence-electron chi connectivity index (χ3n) is 5.29. The topological polar surface area (TPSA) is 52.6 Å². The van der Waals surface area contributed by atoms with Crippen LogP contribution in [0.2, 0.25) is 0 Å². The van der Waals surface area contributed by atoms with Gasteiger partial charge >= 0.3 is 0 Å². The Kier molecular flexibility index (Phi) is 5.42. The van der Waals surface area contributed by atoms with E-state index in [9.17, 15) is 4.79 Å². The van der Waals surface area contributed by atoms with Gasteiger partial charge in [-0.3, -0.25) is 4.79 Å². The molecule has 3 aromatic rings. The second kappa shape index (κ2) is 8.31. The predicted molar refractivity (Wildman–Crippen MR) is 116 cm³/mol. The molecule has 6 heteroatoms. The Bertz CT molecular complexity index is 966. The number of piperazine rings is 1. The first-order valence-corrected chi connectivity index (χ1v) is 9.85. The van der Waals surface area contributed by atoms with Crippen LogP contribution in [0.25, 0.3) is 0 Å². The molecule has 0 bridgehead atoms. The van der Waals surface area contributed by atoms with Crippen LogP contribution in [0.3, 0.4) is 0 Å². The summed E-state index contributed by atoms with van der Waals surface area (Å²) in [6.07, 6.45) is 0. The first-order chi connectivity index (χ1) is 14.1. The second-order valence-corrected chi connectivity index (χ2v) is 7.29. The van der Waals surface area contributed by atoms with E-state index in [0.29, 0.717) is 24.6 Å². The minimum atomic E-state index is -0.0599. The summed E-state index contributed by atoms with van der Waals surface area (Å²) in [6, 6.07) is 22.0. The summed E-state index contributed by atoms with van der Waals surface area (Å²) in [4.78, 5) is 19.0. The van der Waals surface area contributed by atoms with Gasteiger partial charge in [-0.25, -0.2) is 0 Å². The molecule has 29 heavy (non-hydrogen) atoms. The van der Waals surface area contributed by atoms with Crippen molar-refractivity contribution in [3.8, 4) is 0 Å². The molecule has 148 valence electrons. The molecule has 0 aliphatic carbocycles. The SMILES string of the molecule is Cc1cccc(N2CCN(C(=O)c3ccc(N(C)c4ccccc4)nn3)CC2)c1. The smallest absolute Gasteiger partial charge is 0.274 e. The summed E-state index contributed by atoms with van der Waals surface area (Å²) < 4.78 is 0. The fourth-order valence-electron chi connectivity index (χ4n) is 3.56. The molecular formula is C23H25N5O. The predicted octanol–water partition coefficient (Wildman–Crippen LogP) is 3.52. The molecule has 0 saturated carbocycles. The van der Waals surface area contributed by atoms with Crippen molar-refractivity contribution in [2.45, 2.75) is 6.92 Å². The lowest BCUT2D eigenvalue weighted by Crippen LogP contribution is -2.49. The first kappa shape index (κ1) is 18.9. The van der Waals surface area contributed by atoms with Crippen LogP contribution < -0.4 is 9.80 Å². The highest BCUT2D eigenvalue weighted by atomic mass is 16.2. The number of anilines is 3. The Morgan fingerprint density at radius 1 is 0.897 bits per heavy atom. The molecule has 0 atom stereocenters. The zero-order valence-electron chi connectivity index (χ0n) is 16.8. The zero-order chi connectivity index (χ0) is 20.2. The van der Waals surface area contributed by atoms with E-state index in [1.54, 1.807) is 6.07 Å². The van der Waals surface area contributed by atoms with Gasteiger partial charge in [-0.1, -0.05) is 30.3 Å². The van der Waals surface area contributed by atoms with E-state index in [-0.39, 0.29) is 5.91 Å². The number of para-hydroxylation sites is 1. The Morgan fingerprint density at radius 2 is 1.66 bits per heavy atom. The highest BCUT2D eigenvalue weighted by molar-refractivity contribution is 5.92. The standard InChI is InChI=1S/C23H25N5O/c1-18-7-6-10-20(17-18)27-13-15-28(16-14-27)23(29)21-11-12-22(25-24-21)26(2)19-8-4-3-5-9-19/h3-12,17H,13-16H2,1-2H3. The zero-order valence-corrected chi connectivity index (χ0v) is 16.8. The highest BCUT2D eigenvalue weighted by Gasteiger charge is 2.23. The quantitative estimate of drug-likeness (QED) is 0.686. The Hall–Kier alpha value is -3.41. The van der Waals surface area contributed by atoms with Crippen LogP contribution in [0.1, 0.15) is 16.1 Å². The number of hydrogen-bond donors (Lipinski definition) is 0. The van der Waals surface area contributed by atoms with Crippen molar-refractivity contribution in [2.75, 3.05) is 43.0 Å². The van der Waals surface area contributed by atoms with Crippen LogP contribution in [0.4, 0.5) is 17.2 Å². The third-order valence-corrected chi connectivity index (χ3v) is 5.29. The minimum absolute atomic E-state index is 0.0599. The van der Waals surface area contributed by atoms with Gasteiger partial charge in [0, 0.05) is 44.6 Å². The largest absolute Gasteiger partial charge is 0.368 e. The van der Waals surface area contributed by atoms with Crippen LogP contribution >= 0.6 is 0 Å². The van der Waals surface area contributed by atoms with Gasteiger partial charge in [0.15, 0.2) is 11.5 Å². The lowest BCUT2D eigenvalue weighted by atomic mass is 10.2. The maximum Gasteiger partial charge on any atom is 0.274 e. The molecule has 0 radical (unpaired) electrons. The molecule has 0 spiro atoms. The van der Waals surface area contributed by atoms with E-state index in [2.05, 4.69) is 46.3 Å². The number of carbonyl (C=O) groups is 1. The third kappa shape index (κ3) is 4.21. The lowest BCUT2D eigenvalue weighted by Gasteiger charge is -2.36. The lowest BCUT2D eigenvalue weighted by molar-refractivity contribution is 0.0739. The number of aromatic nitrogens is 2. The number of aryl methyl sites for hydroxylation is 1. The monoisotopic (exact) mass is 387 g/mol. The van der Waals surface area contributed by atoms with Crippen LogP contribution in [0.15, 0.2) is 66.7 Å². The summed E-state index contributed by atoms with van der Waals surface area (Å²) in [7, 11) is 1.94. The highest BCUT2D eigenvalue weighted by Crippen LogP contribution is 2.21. The van der Waals surface area contributed by atoms with Crippen LogP contribution in [-0.4, -0.2) is 54.2 Å². The fraction of sp³-hybridized carbons (Fsp3) is 0.261. The van der Waals surface area contributed by atoms with Crippen molar-refractivity contribution in [1.82, 2.24) is 15.1 Å². The maximum absolute atomic E-state index is 12.8. The van der Waals surface area contributed by atoms with E-state index < -0.39 is 0 Å². The maximum atomic E-state index is 12.8. The van der Waals surface area contributed by atoms with Gasteiger partial charge < -0.3 is 14.7 Å². The van der Waals surface area contributed by atoms with E-state index in [1.807, 2.05) is 53.2 Å². The van der Waals surface area contributed by atoms with E-state index in [0.717, 1.165) is 18.8 Å². The van der Waals surface area contributed by atoms with Crippen LogP contribution in [0.5, 0.6) is 0 Å². The van der Waals surface area contributed by atoms with Crippen molar-refractivity contribution in [1.29, 1.82) is 0 Å². The van der Waals surface area contributed by atoms with Gasteiger partial charge in [0.1, 0.15) is 0 Å². The van der Waals surface area contributed by atoms with Crippen molar-refractivity contribution >= 4 is 23.1 Å². The Morgan fingerprint density at radius 3 is 2.31 bits per heavy atom. The summed E-state index contributed by atoms with van der Waals surface area (Å²) in [6.45, 7) is 5.09. The number of carbonyl (C=O) groups excluding carboxylic acids is 1. The Labute approximate surface area is 171 Å². The molecule has 1 saturated heterocycles. The summed E-state index contributed by atoms with van der Waals surface area (Å²) in [5, 5.41) is 8.45. The average molecular weight is 387 g/mol. The van der Waals surface area contributed by atoms with Crippen LogP contribution in [0, 0.1) is 6.92 Å². The second-order valence-electron chi connectivity index (χ2n) is 7.29. The van der Waals surface area contributed by atoms with Gasteiger partial charge in [-0.05, 0) is 48.9 Å². The number of hydrogen-bond acceptors (Lipinski definition) is 5. The van der Waals surface area contributed by atoms with Gasteiger partial charge in [0.2, 0.25) is 0 Å². The molecule has 1 aromatic heterocycles. The van der Waals surface area contributed by atoms with Gasteiger partial charge in [-0.2, -0.15) is 0 Å². The molecule has 0 N–H and O–H groups in total. The van der Waals surface area contributed by atoms with Gasteiger partial charge in [0.25, 0.3) is 5.91 Å². The molecule has 1 amide bonds. The molecule has 2 aromatic carbocycles. The van der Waals surface area contributed by atoms with E-state index >= 15 is 0 Å². The minimum Gasteiger partial charge on any atom is -0.368 e. The van der Waals surface area contributed by atoms with Crippen LogP contribution in [-0.2, 0) is 0 Å². The van der Waals surface area contributed by atoms with E-state index in [4.69, 9.17) is 0 Å². The van der Waals surface area contributed by atoms with Crippen molar-refractivity contribution in [3.63, 3.8) is 0 Å². The molecule has 6 nitrogen and oxygen atoms in total. The van der Waals surface area contributed by atoms with Crippen molar-refractivity contribution in [2.24, 2.45) is 0 Å². The number of nitrogens with zero attached hydrogens (tertiary/aromatic N) is 5. The molecule has 2 heterocycles. The molecule has 1 fully saturated rings. The van der Waals surface area contributed by atoms with E-state index in [1.165, 1.54) is 11.3 Å². The fourth-order valence-corrected chi connectivity index (χ4v) is 3.56. The molecular weight excluding hydrogens is 362 g/mol.